The zero-order chi connectivity index (χ0) is 23.4. The minimum atomic E-state index is -1.06. The molecule has 3 atom stereocenters. The summed E-state index contributed by atoms with van der Waals surface area (Å²) in [6, 6.07) is 9.89. The van der Waals surface area contributed by atoms with Gasteiger partial charge in [0, 0.05) is 32.1 Å². The molecule has 2 aromatic rings. The summed E-state index contributed by atoms with van der Waals surface area (Å²) in [5.74, 6) is -4.13. The number of benzene rings is 2. The second-order valence-corrected chi connectivity index (χ2v) is 8.11. The quantitative estimate of drug-likeness (QED) is 0.670. The predicted molar refractivity (Wildman–Crippen MR) is 115 cm³/mol. The first-order valence-corrected chi connectivity index (χ1v) is 10.6. The number of aliphatic carboxylic acids is 1. The number of amides is 1. The van der Waals surface area contributed by atoms with Crippen molar-refractivity contribution in [1.29, 1.82) is 0 Å². The standard InChI is InChI=1S/C24H28F2N2O4/c1-4-11-27(2)21(29)14-28-13-18(16-7-10-19(25)20(26)12-16)22(24(30)31)23(28)15-5-8-17(32-3)9-6-15/h5-10,12,18,22-23H,4,11,13-14H2,1-3H3,(H,30,31). The molecule has 1 fully saturated rings. The Morgan fingerprint density at radius 3 is 2.34 bits per heavy atom. The van der Waals surface area contributed by atoms with E-state index in [2.05, 4.69) is 0 Å². The van der Waals surface area contributed by atoms with Gasteiger partial charge in [0.25, 0.3) is 0 Å². The SMILES string of the molecule is CCCN(C)C(=O)CN1CC(c2ccc(F)c(F)c2)C(C(=O)O)C1c1ccc(OC)cc1. The molecule has 1 aliphatic heterocycles. The summed E-state index contributed by atoms with van der Waals surface area (Å²) in [7, 11) is 3.25. The molecule has 6 nitrogen and oxygen atoms in total. The maximum atomic E-state index is 14.0. The first kappa shape index (κ1) is 23.7. The molecule has 0 radical (unpaired) electrons. The third kappa shape index (κ3) is 4.91. The van der Waals surface area contributed by atoms with Crippen molar-refractivity contribution in [2.24, 2.45) is 5.92 Å². The molecule has 0 saturated carbocycles. The summed E-state index contributed by atoms with van der Waals surface area (Å²) < 4.78 is 32.7. The molecule has 1 saturated heterocycles. The number of nitrogens with zero attached hydrogens (tertiary/aromatic N) is 2. The Balaban J connectivity index is 2.02. The van der Waals surface area contributed by atoms with Crippen molar-refractivity contribution >= 4 is 11.9 Å². The van der Waals surface area contributed by atoms with Gasteiger partial charge in [-0.1, -0.05) is 25.1 Å². The zero-order valence-corrected chi connectivity index (χ0v) is 18.4. The molecule has 0 aromatic heterocycles. The van der Waals surface area contributed by atoms with Crippen LogP contribution in [0.4, 0.5) is 8.78 Å². The van der Waals surface area contributed by atoms with E-state index in [9.17, 15) is 23.5 Å². The lowest BCUT2D eigenvalue weighted by molar-refractivity contribution is -0.143. The van der Waals surface area contributed by atoms with E-state index in [1.165, 1.54) is 13.2 Å². The van der Waals surface area contributed by atoms with Gasteiger partial charge in [-0.05, 0) is 41.8 Å². The number of hydrogen-bond donors (Lipinski definition) is 1. The van der Waals surface area contributed by atoms with E-state index >= 15 is 0 Å². The molecule has 8 heteroatoms. The van der Waals surface area contributed by atoms with Crippen molar-refractivity contribution in [2.75, 3.05) is 33.8 Å². The highest BCUT2D eigenvalue weighted by molar-refractivity contribution is 5.79. The maximum absolute atomic E-state index is 14.0. The van der Waals surface area contributed by atoms with Gasteiger partial charge in [0.15, 0.2) is 11.6 Å². The van der Waals surface area contributed by atoms with Crippen LogP contribution in [0.15, 0.2) is 42.5 Å². The Labute approximate surface area is 186 Å². The molecule has 0 aliphatic carbocycles. The highest BCUT2D eigenvalue weighted by Gasteiger charge is 2.48. The zero-order valence-electron chi connectivity index (χ0n) is 18.4. The van der Waals surface area contributed by atoms with Crippen LogP contribution in [0.5, 0.6) is 5.75 Å². The van der Waals surface area contributed by atoms with Gasteiger partial charge in [-0.2, -0.15) is 0 Å². The van der Waals surface area contributed by atoms with Crippen LogP contribution in [0.2, 0.25) is 0 Å². The molecule has 1 amide bonds. The molecule has 3 unspecified atom stereocenters. The van der Waals surface area contributed by atoms with Crippen LogP contribution in [0.1, 0.15) is 36.4 Å². The van der Waals surface area contributed by atoms with Crippen molar-refractivity contribution in [3.63, 3.8) is 0 Å². The number of carbonyl (C=O) groups is 2. The first-order chi connectivity index (χ1) is 15.3. The first-order valence-electron chi connectivity index (χ1n) is 10.6. The summed E-state index contributed by atoms with van der Waals surface area (Å²) >= 11 is 0. The monoisotopic (exact) mass is 446 g/mol. The van der Waals surface area contributed by atoms with E-state index in [0.29, 0.717) is 23.4 Å². The number of carbonyl (C=O) groups excluding carboxylic acids is 1. The number of carboxylic acids is 1. The topological polar surface area (TPSA) is 70.1 Å². The molecular weight excluding hydrogens is 418 g/mol. The van der Waals surface area contributed by atoms with Gasteiger partial charge in [-0.25, -0.2) is 8.78 Å². The minimum Gasteiger partial charge on any atom is -0.497 e. The van der Waals surface area contributed by atoms with Crippen LogP contribution in [0.3, 0.4) is 0 Å². The summed E-state index contributed by atoms with van der Waals surface area (Å²) in [6.45, 7) is 2.82. The molecular formula is C24H28F2N2O4. The number of rotatable bonds is 8. The van der Waals surface area contributed by atoms with Gasteiger partial charge in [0.05, 0.1) is 19.6 Å². The number of halogens is 2. The minimum absolute atomic E-state index is 0.0250. The van der Waals surface area contributed by atoms with Gasteiger partial charge in [-0.3, -0.25) is 14.5 Å². The second-order valence-electron chi connectivity index (χ2n) is 8.11. The molecule has 2 aromatic carbocycles. The fraction of sp³-hybridized carbons (Fsp3) is 0.417. The van der Waals surface area contributed by atoms with Crippen molar-refractivity contribution in [1.82, 2.24) is 9.80 Å². The van der Waals surface area contributed by atoms with E-state index in [-0.39, 0.29) is 19.0 Å². The average Bonchev–Trinajstić information content (AvgIpc) is 3.15. The van der Waals surface area contributed by atoms with Crippen LogP contribution in [-0.2, 0) is 9.59 Å². The van der Waals surface area contributed by atoms with Gasteiger partial charge in [0.2, 0.25) is 5.91 Å². The highest BCUT2D eigenvalue weighted by Crippen LogP contribution is 2.46. The molecule has 32 heavy (non-hydrogen) atoms. The van der Waals surface area contributed by atoms with Gasteiger partial charge >= 0.3 is 5.97 Å². The third-order valence-electron chi connectivity index (χ3n) is 6.04. The van der Waals surface area contributed by atoms with E-state index < -0.39 is 35.5 Å². The Morgan fingerprint density at radius 1 is 1.12 bits per heavy atom. The Morgan fingerprint density at radius 2 is 1.78 bits per heavy atom. The summed E-state index contributed by atoms with van der Waals surface area (Å²) in [5.41, 5.74) is 1.11. The van der Waals surface area contributed by atoms with Gasteiger partial charge in [-0.15, -0.1) is 0 Å². The second kappa shape index (κ2) is 10.1. The Bertz CT molecular complexity index is 967. The lowest BCUT2D eigenvalue weighted by atomic mass is 9.83. The maximum Gasteiger partial charge on any atom is 0.309 e. The summed E-state index contributed by atoms with van der Waals surface area (Å²) in [6.07, 6.45) is 0.805. The van der Waals surface area contributed by atoms with Crippen LogP contribution < -0.4 is 4.74 Å². The fourth-order valence-corrected chi connectivity index (χ4v) is 4.43. The number of methoxy groups -OCH3 is 1. The molecule has 0 spiro atoms. The van der Waals surface area contributed by atoms with Crippen molar-refractivity contribution in [3.8, 4) is 5.75 Å². The van der Waals surface area contributed by atoms with E-state index in [1.807, 2.05) is 11.8 Å². The predicted octanol–water partition coefficient (Wildman–Crippen LogP) is 3.68. The molecule has 3 rings (SSSR count). The summed E-state index contributed by atoms with van der Waals surface area (Å²) in [4.78, 5) is 28.6. The van der Waals surface area contributed by atoms with Gasteiger partial charge < -0.3 is 14.7 Å². The van der Waals surface area contributed by atoms with E-state index in [4.69, 9.17) is 4.74 Å². The molecule has 1 aliphatic rings. The van der Waals surface area contributed by atoms with Crippen LogP contribution in [0, 0.1) is 17.6 Å². The molecule has 172 valence electrons. The number of hydrogen-bond acceptors (Lipinski definition) is 4. The van der Waals surface area contributed by atoms with Crippen molar-refractivity contribution in [2.45, 2.75) is 25.3 Å². The van der Waals surface area contributed by atoms with Crippen LogP contribution in [0.25, 0.3) is 0 Å². The smallest absolute Gasteiger partial charge is 0.309 e. The number of likely N-dealkylation sites (tertiary alicyclic amines) is 1. The van der Waals surface area contributed by atoms with Gasteiger partial charge in [0.1, 0.15) is 5.75 Å². The number of ether oxygens (including phenoxy) is 1. The Hall–Kier alpha value is -3.00. The highest BCUT2D eigenvalue weighted by atomic mass is 19.2. The lowest BCUT2D eigenvalue weighted by Crippen LogP contribution is -2.39. The Kier molecular flexibility index (Phi) is 7.45. The average molecular weight is 446 g/mol. The molecule has 1 N–H and O–H groups in total. The molecule has 0 bridgehead atoms. The molecule has 1 heterocycles. The lowest BCUT2D eigenvalue weighted by Gasteiger charge is -2.28. The van der Waals surface area contributed by atoms with E-state index in [1.54, 1.807) is 36.2 Å². The van der Waals surface area contributed by atoms with Crippen molar-refractivity contribution < 1.29 is 28.2 Å². The number of carboxylic acid groups (broad SMARTS) is 1. The van der Waals surface area contributed by atoms with E-state index in [0.717, 1.165) is 18.6 Å². The number of likely N-dealkylation sites (N-methyl/N-ethyl adjacent to an activating group) is 1. The normalized spacial score (nSPS) is 20.8. The fourth-order valence-electron chi connectivity index (χ4n) is 4.43. The largest absolute Gasteiger partial charge is 0.497 e. The van der Waals surface area contributed by atoms with Crippen LogP contribution >= 0.6 is 0 Å². The third-order valence-corrected chi connectivity index (χ3v) is 6.04. The summed E-state index contributed by atoms with van der Waals surface area (Å²) in [5, 5.41) is 10.1. The van der Waals surface area contributed by atoms with Crippen molar-refractivity contribution in [3.05, 3.63) is 65.2 Å². The van der Waals surface area contributed by atoms with Crippen LogP contribution in [-0.4, -0.2) is 60.6 Å².